The lowest BCUT2D eigenvalue weighted by Gasteiger charge is -2.22. The fourth-order valence-corrected chi connectivity index (χ4v) is 4.74. The Bertz CT molecular complexity index is 1360. The van der Waals surface area contributed by atoms with E-state index in [0.717, 1.165) is 0 Å². The van der Waals surface area contributed by atoms with Crippen LogP contribution in [0, 0.1) is 5.92 Å². The normalized spacial score (nSPS) is 21.8. The summed E-state index contributed by atoms with van der Waals surface area (Å²) in [6.07, 6.45) is 3.72. The Morgan fingerprint density at radius 2 is 2.11 bits per heavy atom. The number of carbonyl (C=O) groups excluding carboxylic acids is 1. The second kappa shape index (κ2) is 10.2. The summed E-state index contributed by atoms with van der Waals surface area (Å²) in [5.41, 5.74) is -0.452. The standard InChI is InChI=1S/C23H25ClN4O7S/c1-23(31,14-3-2-4-16(24)6-14)15-7-20(34-11-15)21(30)18-9-26-12-27-22(18)28-17-5-13(19(29)8-17)10-35-36(25,32)33/h2-4,6-7,9,11-13,17,19,29,31H,5,8,10H2,1H3,(H2,25,32,33)(H,26,27,28)/t13-,17-,19+,23?/m1/s1. The van der Waals surface area contributed by atoms with Crippen LogP contribution in [0.25, 0.3) is 0 Å². The Morgan fingerprint density at radius 1 is 1.33 bits per heavy atom. The van der Waals surface area contributed by atoms with Gasteiger partial charge in [-0.25, -0.2) is 15.1 Å². The highest BCUT2D eigenvalue weighted by Gasteiger charge is 2.35. The van der Waals surface area contributed by atoms with Crippen LogP contribution in [0.1, 0.15) is 47.0 Å². The Morgan fingerprint density at radius 3 is 2.83 bits per heavy atom. The van der Waals surface area contributed by atoms with Crippen LogP contribution in [-0.2, 0) is 20.1 Å². The number of aliphatic hydroxyl groups excluding tert-OH is 1. The van der Waals surface area contributed by atoms with Gasteiger partial charge in [0.1, 0.15) is 17.7 Å². The van der Waals surface area contributed by atoms with Crippen LogP contribution >= 0.6 is 11.6 Å². The molecule has 3 aromatic rings. The number of nitrogens with zero attached hydrogens (tertiary/aromatic N) is 2. The van der Waals surface area contributed by atoms with E-state index >= 15 is 0 Å². The molecule has 1 aliphatic rings. The summed E-state index contributed by atoms with van der Waals surface area (Å²) >= 11 is 6.05. The highest BCUT2D eigenvalue weighted by molar-refractivity contribution is 7.84. The van der Waals surface area contributed by atoms with Crippen LogP contribution in [0.15, 0.2) is 53.5 Å². The van der Waals surface area contributed by atoms with E-state index in [9.17, 15) is 23.4 Å². The van der Waals surface area contributed by atoms with E-state index in [1.807, 2.05) is 0 Å². The van der Waals surface area contributed by atoms with Crippen molar-refractivity contribution in [3.8, 4) is 0 Å². The summed E-state index contributed by atoms with van der Waals surface area (Å²) in [5.74, 6) is -0.794. The second-order valence-corrected chi connectivity index (χ2v) is 10.5. The van der Waals surface area contributed by atoms with Crippen molar-refractivity contribution >= 4 is 33.5 Å². The van der Waals surface area contributed by atoms with Crippen molar-refractivity contribution in [2.75, 3.05) is 11.9 Å². The summed E-state index contributed by atoms with van der Waals surface area (Å²) in [4.78, 5) is 21.3. The molecule has 4 atom stereocenters. The number of carbonyl (C=O) groups is 1. The molecule has 1 unspecified atom stereocenters. The van der Waals surface area contributed by atoms with Crippen LogP contribution in [0.5, 0.6) is 0 Å². The van der Waals surface area contributed by atoms with Crippen molar-refractivity contribution in [3.63, 3.8) is 0 Å². The number of benzene rings is 1. The Labute approximate surface area is 212 Å². The molecule has 36 heavy (non-hydrogen) atoms. The van der Waals surface area contributed by atoms with Crippen LogP contribution in [0.2, 0.25) is 5.02 Å². The van der Waals surface area contributed by atoms with Gasteiger partial charge >= 0.3 is 10.3 Å². The monoisotopic (exact) mass is 536 g/mol. The number of aromatic nitrogens is 2. The van der Waals surface area contributed by atoms with E-state index in [1.54, 1.807) is 31.2 Å². The van der Waals surface area contributed by atoms with Gasteiger partial charge in [-0.1, -0.05) is 23.7 Å². The Hall–Kier alpha value is -2.87. The SMILES string of the molecule is CC(O)(c1cccc(Cl)c1)c1coc(C(=O)c2cncnc2N[C@@H]2C[C@H](COS(N)(=O)=O)[C@@H](O)C2)c1. The number of anilines is 1. The molecule has 192 valence electrons. The molecule has 0 spiro atoms. The van der Waals surface area contributed by atoms with Crippen molar-refractivity contribution in [3.05, 3.63) is 76.6 Å². The smallest absolute Gasteiger partial charge is 0.333 e. The van der Waals surface area contributed by atoms with Crippen LogP contribution in [-0.4, -0.2) is 53.1 Å². The number of halogens is 1. The molecule has 0 radical (unpaired) electrons. The number of furan rings is 1. The van der Waals surface area contributed by atoms with Crippen molar-refractivity contribution in [1.82, 2.24) is 9.97 Å². The molecule has 1 aliphatic carbocycles. The number of ketones is 1. The van der Waals surface area contributed by atoms with Gasteiger partial charge in [-0.05, 0) is 43.5 Å². The van der Waals surface area contributed by atoms with Gasteiger partial charge < -0.3 is 19.9 Å². The number of nitrogens with one attached hydrogen (secondary N) is 1. The molecular weight excluding hydrogens is 512 g/mol. The molecule has 0 bridgehead atoms. The van der Waals surface area contributed by atoms with Gasteiger partial charge in [-0.3, -0.25) is 8.98 Å². The number of rotatable bonds is 9. The first-order valence-corrected chi connectivity index (χ1v) is 12.8. The molecule has 1 aromatic carbocycles. The third kappa shape index (κ3) is 5.91. The first kappa shape index (κ1) is 26.2. The fraction of sp³-hybridized carbons (Fsp3) is 0.348. The maximum absolute atomic E-state index is 13.2. The molecule has 0 aliphatic heterocycles. The lowest BCUT2D eigenvalue weighted by atomic mass is 9.90. The molecule has 1 saturated carbocycles. The second-order valence-electron chi connectivity index (χ2n) is 8.81. The van der Waals surface area contributed by atoms with Crippen molar-refractivity contribution < 1.29 is 32.0 Å². The van der Waals surface area contributed by atoms with Gasteiger partial charge in [0.15, 0.2) is 5.76 Å². The average molecular weight is 537 g/mol. The van der Waals surface area contributed by atoms with E-state index in [2.05, 4.69) is 19.5 Å². The van der Waals surface area contributed by atoms with Gasteiger partial charge in [0.2, 0.25) is 5.78 Å². The lowest BCUT2D eigenvalue weighted by molar-refractivity contribution is 0.100. The molecule has 2 heterocycles. The van der Waals surface area contributed by atoms with Gasteiger partial charge in [0.25, 0.3) is 0 Å². The molecule has 13 heteroatoms. The van der Waals surface area contributed by atoms with Crippen LogP contribution < -0.4 is 10.5 Å². The lowest BCUT2D eigenvalue weighted by Crippen LogP contribution is -2.24. The minimum absolute atomic E-state index is 0.0314. The van der Waals surface area contributed by atoms with Crippen molar-refractivity contribution in [2.24, 2.45) is 11.1 Å². The topological polar surface area (TPSA) is 178 Å². The van der Waals surface area contributed by atoms with E-state index in [0.29, 0.717) is 22.6 Å². The van der Waals surface area contributed by atoms with Crippen molar-refractivity contribution in [2.45, 2.75) is 37.5 Å². The number of aliphatic hydroxyl groups is 2. The first-order chi connectivity index (χ1) is 16.9. The number of hydrogen-bond donors (Lipinski definition) is 4. The zero-order valence-corrected chi connectivity index (χ0v) is 20.7. The molecule has 2 aromatic heterocycles. The highest BCUT2D eigenvalue weighted by atomic mass is 35.5. The maximum Gasteiger partial charge on any atom is 0.333 e. The summed E-state index contributed by atoms with van der Waals surface area (Å²) in [6.45, 7) is 1.31. The van der Waals surface area contributed by atoms with E-state index in [4.69, 9.17) is 21.2 Å². The van der Waals surface area contributed by atoms with Crippen molar-refractivity contribution in [1.29, 1.82) is 0 Å². The summed E-state index contributed by atoms with van der Waals surface area (Å²) in [7, 11) is -4.12. The molecule has 5 N–H and O–H groups in total. The van der Waals surface area contributed by atoms with Gasteiger partial charge in [-0.2, -0.15) is 8.42 Å². The predicted octanol–water partition coefficient (Wildman–Crippen LogP) is 1.98. The Kier molecular flexibility index (Phi) is 7.46. The summed E-state index contributed by atoms with van der Waals surface area (Å²) < 4.78 is 32.2. The van der Waals surface area contributed by atoms with Crippen LogP contribution in [0.3, 0.4) is 0 Å². The third-order valence-corrected chi connectivity index (χ3v) is 6.87. The highest BCUT2D eigenvalue weighted by Crippen LogP contribution is 2.33. The molecular formula is C23H25ClN4O7S. The van der Waals surface area contributed by atoms with E-state index in [1.165, 1.54) is 24.9 Å². The summed E-state index contributed by atoms with van der Waals surface area (Å²) in [6, 6.07) is 7.87. The third-order valence-electron chi connectivity index (χ3n) is 6.17. The predicted molar refractivity (Wildman–Crippen MR) is 129 cm³/mol. The fourth-order valence-electron chi connectivity index (χ4n) is 4.19. The minimum Gasteiger partial charge on any atom is -0.460 e. The maximum atomic E-state index is 13.2. The molecule has 0 saturated heterocycles. The summed E-state index contributed by atoms with van der Waals surface area (Å²) in [5, 5.41) is 29.8. The average Bonchev–Trinajstić information content (AvgIpc) is 3.44. The molecule has 0 amide bonds. The first-order valence-electron chi connectivity index (χ1n) is 11.0. The zero-order chi connectivity index (χ0) is 26.1. The molecule has 11 nitrogen and oxygen atoms in total. The number of nitrogens with two attached hydrogens (primary N) is 1. The molecule has 4 rings (SSSR count). The molecule has 1 fully saturated rings. The quantitative estimate of drug-likeness (QED) is 0.295. The van der Waals surface area contributed by atoms with Crippen LogP contribution in [0.4, 0.5) is 5.82 Å². The van der Waals surface area contributed by atoms with Gasteiger partial charge in [0.05, 0.1) is 24.5 Å². The van der Waals surface area contributed by atoms with E-state index < -0.39 is 33.7 Å². The number of hydrogen-bond acceptors (Lipinski definition) is 10. The minimum atomic E-state index is -4.12. The zero-order valence-electron chi connectivity index (χ0n) is 19.2. The van der Waals surface area contributed by atoms with E-state index in [-0.39, 0.29) is 36.2 Å². The van der Waals surface area contributed by atoms with Gasteiger partial charge in [-0.15, -0.1) is 0 Å². The largest absolute Gasteiger partial charge is 0.460 e. The Balaban J connectivity index is 1.50. The van der Waals surface area contributed by atoms with Gasteiger partial charge in [0, 0.05) is 28.7 Å².